The first kappa shape index (κ1) is 10.1. The molecule has 4 aromatic rings. The van der Waals surface area contributed by atoms with Crippen LogP contribution in [0.3, 0.4) is 0 Å². The van der Waals surface area contributed by atoms with Crippen LogP contribution in [0.15, 0.2) is 43.1 Å². The van der Waals surface area contributed by atoms with Crippen molar-refractivity contribution in [2.45, 2.75) is 6.54 Å². The molecule has 0 bridgehead atoms. The Morgan fingerprint density at radius 1 is 1.20 bits per heavy atom. The Kier molecular flexibility index (Phi) is 1.65. The van der Waals surface area contributed by atoms with E-state index in [9.17, 15) is 0 Å². The minimum Gasteiger partial charge on any atom is -0.299 e. The van der Waals surface area contributed by atoms with Gasteiger partial charge in [-0.1, -0.05) is 6.07 Å². The third kappa shape index (κ3) is 1.02. The Morgan fingerprint density at radius 2 is 2.15 bits per heavy atom. The molecule has 20 heavy (non-hydrogen) atoms. The number of fused-ring (bicyclic) bond motifs is 7. The van der Waals surface area contributed by atoms with Crippen LogP contribution in [-0.4, -0.2) is 18.9 Å². The average Bonchev–Trinajstić information content (AvgIpc) is 3.10. The van der Waals surface area contributed by atoms with E-state index in [-0.39, 0.29) is 0 Å². The summed E-state index contributed by atoms with van der Waals surface area (Å²) in [6.45, 7) is 0.889. The molecule has 0 unspecified atom stereocenters. The second-order valence-electron chi connectivity index (χ2n) is 5.22. The molecule has 0 aliphatic carbocycles. The van der Waals surface area contributed by atoms with Gasteiger partial charge < -0.3 is 0 Å². The summed E-state index contributed by atoms with van der Waals surface area (Å²) in [6, 6.07) is 6.21. The lowest BCUT2D eigenvalue weighted by Crippen LogP contribution is -2.29. The zero-order chi connectivity index (χ0) is 13.3. The predicted molar refractivity (Wildman–Crippen MR) is 74.2 cm³/mol. The summed E-state index contributed by atoms with van der Waals surface area (Å²) in [6.07, 6.45) is 7.70. The third-order valence-electron chi connectivity index (χ3n) is 4.17. The highest BCUT2D eigenvalue weighted by Crippen LogP contribution is 2.33. The highest BCUT2D eigenvalue weighted by molar-refractivity contribution is 5.91. The van der Waals surface area contributed by atoms with Gasteiger partial charge in [0.1, 0.15) is 6.54 Å². The van der Waals surface area contributed by atoms with Crippen LogP contribution in [0.1, 0.15) is 5.56 Å². The highest BCUT2D eigenvalue weighted by Gasteiger charge is 2.35. The molecule has 5 rings (SSSR count). The summed E-state index contributed by atoms with van der Waals surface area (Å²) < 4.78 is 6.65. The Morgan fingerprint density at radius 3 is 3.10 bits per heavy atom. The van der Waals surface area contributed by atoms with Crippen molar-refractivity contribution in [2.75, 3.05) is 0 Å². The van der Waals surface area contributed by atoms with Crippen LogP contribution in [0, 0.1) is 0 Å². The van der Waals surface area contributed by atoms with E-state index in [4.69, 9.17) is 0 Å². The number of pyridine rings is 1. The van der Waals surface area contributed by atoms with E-state index in [1.165, 1.54) is 27.9 Å². The lowest BCUT2D eigenvalue weighted by Gasteiger charge is -1.95. The van der Waals surface area contributed by atoms with Crippen LogP contribution in [0.2, 0.25) is 0 Å². The molecule has 0 fully saturated rings. The molecule has 5 heterocycles. The standard InChI is InChI=1S/C15H12N5/c1-18-14-11-4-6-16-9-19(11)8-12(14)20-7-10-3-2-5-17-13(10)15(18)20/h2-6,8-9H,7H2,1H3/q+1. The van der Waals surface area contributed by atoms with Crippen molar-refractivity contribution in [3.63, 3.8) is 0 Å². The Bertz CT molecular complexity index is 992. The number of hydrogen-bond acceptors (Lipinski definition) is 2. The average molecular weight is 262 g/mol. The normalized spacial score (nSPS) is 13.1. The summed E-state index contributed by atoms with van der Waals surface area (Å²) in [5.41, 5.74) is 6.02. The van der Waals surface area contributed by atoms with Gasteiger partial charge in [-0.3, -0.25) is 4.40 Å². The van der Waals surface area contributed by atoms with Gasteiger partial charge >= 0.3 is 5.82 Å². The third-order valence-corrected chi connectivity index (χ3v) is 4.17. The molecule has 0 aromatic carbocycles. The van der Waals surface area contributed by atoms with Gasteiger partial charge in [0.05, 0.1) is 25.1 Å². The van der Waals surface area contributed by atoms with Gasteiger partial charge in [0, 0.05) is 18.0 Å². The summed E-state index contributed by atoms with van der Waals surface area (Å²) in [4.78, 5) is 8.74. The maximum Gasteiger partial charge on any atom is 0.309 e. The molecule has 0 spiro atoms. The van der Waals surface area contributed by atoms with Gasteiger partial charge in [-0.25, -0.2) is 19.1 Å². The first-order valence-corrected chi connectivity index (χ1v) is 6.62. The van der Waals surface area contributed by atoms with E-state index < -0.39 is 0 Å². The maximum atomic E-state index is 4.56. The van der Waals surface area contributed by atoms with Crippen molar-refractivity contribution in [3.05, 3.63) is 48.7 Å². The number of aromatic nitrogens is 5. The summed E-state index contributed by atoms with van der Waals surface area (Å²) in [5, 5.41) is 0. The number of rotatable bonds is 0. The van der Waals surface area contributed by atoms with Crippen LogP contribution in [-0.2, 0) is 13.6 Å². The van der Waals surface area contributed by atoms with E-state index in [2.05, 4.69) is 48.9 Å². The van der Waals surface area contributed by atoms with Crippen molar-refractivity contribution in [3.8, 4) is 11.5 Å². The molecule has 0 N–H and O–H groups in total. The van der Waals surface area contributed by atoms with Crippen LogP contribution < -0.4 is 4.57 Å². The molecule has 5 heteroatoms. The molecular weight excluding hydrogens is 250 g/mol. The van der Waals surface area contributed by atoms with Crippen LogP contribution in [0.5, 0.6) is 0 Å². The Labute approximate surface area is 114 Å². The maximum absolute atomic E-state index is 4.56. The van der Waals surface area contributed by atoms with Crippen molar-refractivity contribution in [1.29, 1.82) is 0 Å². The smallest absolute Gasteiger partial charge is 0.299 e. The summed E-state index contributed by atoms with van der Waals surface area (Å²) >= 11 is 0. The van der Waals surface area contributed by atoms with Crippen molar-refractivity contribution >= 4 is 16.6 Å². The number of imidazole rings is 1. The molecule has 1 aliphatic rings. The van der Waals surface area contributed by atoms with Gasteiger partial charge in [0.2, 0.25) is 0 Å². The fourth-order valence-corrected chi connectivity index (χ4v) is 3.33. The largest absolute Gasteiger partial charge is 0.309 e. The van der Waals surface area contributed by atoms with E-state index in [1.54, 1.807) is 0 Å². The number of nitrogens with zero attached hydrogens (tertiary/aromatic N) is 5. The summed E-state index contributed by atoms with van der Waals surface area (Å²) in [5.74, 6) is 1.19. The summed E-state index contributed by atoms with van der Waals surface area (Å²) in [7, 11) is 2.11. The SMILES string of the molecule is C[n+]1c2n(c3cn4cnccc4c31)Cc1cccnc1-2. The van der Waals surface area contributed by atoms with Gasteiger partial charge in [0.15, 0.2) is 16.7 Å². The predicted octanol–water partition coefficient (Wildman–Crippen LogP) is 1.54. The molecular formula is C15H12N5+. The first-order chi connectivity index (χ1) is 9.84. The van der Waals surface area contributed by atoms with E-state index in [1.807, 2.05) is 24.8 Å². The van der Waals surface area contributed by atoms with Crippen LogP contribution in [0.4, 0.5) is 0 Å². The van der Waals surface area contributed by atoms with E-state index >= 15 is 0 Å². The molecule has 5 nitrogen and oxygen atoms in total. The van der Waals surface area contributed by atoms with Gasteiger partial charge in [-0.05, 0) is 12.1 Å². The second kappa shape index (κ2) is 3.25. The van der Waals surface area contributed by atoms with E-state index in [0.29, 0.717) is 0 Å². The minimum absolute atomic E-state index is 0.889. The lowest BCUT2D eigenvalue weighted by molar-refractivity contribution is -0.633. The van der Waals surface area contributed by atoms with Crippen LogP contribution in [0.25, 0.3) is 28.1 Å². The molecule has 4 aromatic heterocycles. The van der Waals surface area contributed by atoms with Gasteiger partial charge in [-0.2, -0.15) is 0 Å². The zero-order valence-corrected chi connectivity index (χ0v) is 11.0. The minimum atomic E-state index is 0.889. The fraction of sp³-hybridized carbons (Fsp3) is 0.133. The molecule has 1 aliphatic heterocycles. The Balaban J connectivity index is 1.98. The van der Waals surface area contributed by atoms with Gasteiger partial charge in [-0.15, -0.1) is 0 Å². The van der Waals surface area contributed by atoms with Crippen molar-refractivity contribution in [2.24, 2.45) is 7.05 Å². The monoisotopic (exact) mass is 262 g/mol. The molecule has 0 amide bonds. The number of aryl methyl sites for hydroxylation is 1. The fourth-order valence-electron chi connectivity index (χ4n) is 3.33. The molecule has 0 atom stereocenters. The van der Waals surface area contributed by atoms with Crippen molar-refractivity contribution in [1.82, 2.24) is 18.9 Å². The van der Waals surface area contributed by atoms with Gasteiger partial charge in [0.25, 0.3) is 0 Å². The Hall–Kier alpha value is -2.69. The topological polar surface area (TPSA) is 39.0 Å². The molecule has 0 saturated heterocycles. The molecule has 0 saturated carbocycles. The van der Waals surface area contributed by atoms with Crippen molar-refractivity contribution < 1.29 is 4.57 Å². The second-order valence-corrected chi connectivity index (χ2v) is 5.22. The quantitative estimate of drug-likeness (QED) is 0.397. The molecule has 0 radical (unpaired) electrons. The highest BCUT2D eigenvalue weighted by atomic mass is 15.2. The number of hydrogen-bond donors (Lipinski definition) is 0. The lowest BCUT2D eigenvalue weighted by atomic mass is 10.2. The van der Waals surface area contributed by atoms with E-state index in [0.717, 1.165) is 12.2 Å². The molecule has 96 valence electrons. The first-order valence-electron chi connectivity index (χ1n) is 6.62. The van der Waals surface area contributed by atoms with Crippen LogP contribution >= 0.6 is 0 Å². The zero-order valence-electron chi connectivity index (χ0n) is 11.0.